The summed E-state index contributed by atoms with van der Waals surface area (Å²) in [7, 11) is 0. The van der Waals surface area contributed by atoms with Gasteiger partial charge in [-0.3, -0.25) is 9.69 Å². The number of amides is 3. The van der Waals surface area contributed by atoms with Crippen LogP contribution in [-0.2, 0) is 4.79 Å². The van der Waals surface area contributed by atoms with Crippen molar-refractivity contribution >= 4 is 11.9 Å². The number of hydrogen-bond acceptors (Lipinski definition) is 2. The molecule has 1 fully saturated rings. The topological polar surface area (TPSA) is 49.4 Å². The highest BCUT2D eigenvalue weighted by Crippen LogP contribution is 2.15. The zero-order chi connectivity index (χ0) is 8.65. The van der Waals surface area contributed by atoms with Gasteiger partial charge in [0, 0.05) is 6.54 Å². The summed E-state index contributed by atoms with van der Waals surface area (Å²) < 4.78 is 0. The van der Waals surface area contributed by atoms with Gasteiger partial charge in [0.15, 0.2) is 0 Å². The number of imide groups is 1. The van der Waals surface area contributed by atoms with E-state index in [4.69, 9.17) is 0 Å². The fraction of sp³-hybridized carbons (Fsp3) is 0.714. The summed E-state index contributed by atoms with van der Waals surface area (Å²) in [5.74, 6) is -0.148. The van der Waals surface area contributed by atoms with Crippen molar-refractivity contribution in [1.29, 1.82) is 0 Å². The van der Waals surface area contributed by atoms with Gasteiger partial charge >= 0.3 is 6.03 Å². The van der Waals surface area contributed by atoms with Crippen LogP contribution in [0.3, 0.4) is 0 Å². The number of rotatable bonds is 1. The second-order valence-electron chi connectivity index (χ2n) is 3.10. The van der Waals surface area contributed by atoms with Crippen LogP contribution < -0.4 is 5.32 Å². The normalized spacial score (nSPS) is 22.3. The third-order valence-electron chi connectivity index (χ3n) is 1.76. The van der Waals surface area contributed by atoms with Crippen LogP contribution in [0.2, 0.25) is 0 Å². The van der Waals surface area contributed by atoms with E-state index >= 15 is 0 Å². The summed E-state index contributed by atoms with van der Waals surface area (Å²) in [5.41, 5.74) is -0.715. The molecule has 0 unspecified atom stereocenters. The summed E-state index contributed by atoms with van der Waals surface area (Å²) in [6, 6.07) is -0.289. The minimum Gasteiger partial charge on any atom is -0.324 e. The van der Waals surface area contributed by atoms with Gasteiger partial charge in [0.2, 0.25) is 0 Å². The van der Waals surface area contributed by atoms with E-state index in [2.05, 4.69) is 5.32 Å². The highest BCUT2D eigenvalue weighted by atomic mass is 16.2. The van der Waals surface area contributed by atoms with Gasteiger partial charge in [0.25, 0.3) is 5.91 Å². The molecule has 4 heteroatoms. The van der Waals surface area contributed by atoms with Crippen LogP contribution in [0, 0.1) is 0 Å². The highest BCUT2D eigenvalue weighted by Gasteiger charge is 2.43. The Balaban J connectivity index is 2.88. The molecule has 1 aliphatic heterocycles. The molecule has 0 saturated carbocycles. The van der Waals surface area contributed by atoms with Gasteiger partial charge in [0.05, 0.1) is 0 Å². The van der Waals surface area contributed by atoms with Crippen molar-refractivity contribution in [3.8, 4) is 0 Å². The Morgan fingerprint density at radius 2 is 2.00 bits per heavy atom. The zero-order valence-corrected chi connectivity index (χ0v) is 6.97. The lowest BCUT2D eigenvalue weighted by Crippen LogP contribution is -2.40. The third kappa shape index (κ3) is 1.08. The highest BCUT2D eigenvalue weighted by molar-refractivity contribution is 6.06. The number of likely N-dealkylation sites (N-methyl/N-ethyl adjacent to an activating group) is 1. The number of carbonyl (C=O) groups excluding carboxylic acids is 2. The molecular weight excluding hydrogens is 144 g/mol. The second-order valence-corrected chi connectivity index (χ2v) is 3.10. The predicted octanol–water partition coefficient (Wildman–Crippen LogP) is 0.337. The van der Waals surface area contributed by atoms with E-state index in [1.165, 1.54) is 4.90 Å². The van der Waals surface area contributed by atoms with E-state index in [1.807, 2.05) is 0 Å². The first-order valence-electron chi connectivity index (χ1n) is 3.63. The first kappa shape index (κ1) is 8.04. The van der Waals surface area contributed by atoms with Crippen molar-refractivity contribution in [2.45, 2.75) is 26.3 Å². The summed E-state index contributed by atoms with van der Waals surface area (Å²) in [4.78, 5) is 23.5. The molecule has 1 heterocycles. The van der Waals surface area contributed by atoms with Crippen LogP contribution in [0.1, 0.15) is 20.8 Å². The van der Waals surface area contributed by atoms with E-state index in [0.717, 1.165) is 0 Å². The lowest BCUT2D eigenvalue weighted by Gasteiger charge is -2.13. The van der Waals surface area contributed by atoms with Crippen molar-refractivity contribution in [2.75, 3.05) is 6.54 Å². The van der Waals surface area contributed by atoms with E-state index in [-0.39, 0.29) is 11.9 Å². The van der Waals surface area contributed by atoms with Crippen molar-refractivity contribution in [1.82, 2.24) is 10.2 Å². The average Bonchev–Trinajstić information content (AvgIpc) is 2.04. The number of nitrogens with zero attached hydrogens (tertiary/aromatic N) is 1. The molecule has 1 N–H and O–H groups in total. The van der Waals surface area contributed by atoms with Crippen molar-refractivity contribution in [3.63, 3.8) is 0 Å². The van der Waals surface area contributed by atoms with Crippen LogP contribution in [0.15, 0.2) is 0 Å². The summed E-state index contributed by atoms with van der Waals surface area (Å²) >= 11 is 0. The molecule has 1 rings (SSSR count). The van der Waals surface area contributed by atoms with E-state index in [1.54, 1.807) is 20.8 Å². The maximum atomic E-state index is 11.3. The Kier molecular flexibility index (Phi) is 1.62. The minimum absolute atomic E-state index is 0.148. The number of urea groups is 1. The second kappa shape index (κ2) is 2.22. The van der Waals surface area contributed by atoms with Gasteiger partial charge in [-0.25, -0.2) is 4.79 Å². The van der Waals surface area contributed by atoms with Crippen LogP contribution in [0.4, 0.5) is 4.79 Å². The molecule has 0 radical (unpaired) electrons. The molecule has 62 valence electrons. The van der Waals surface area contributed by atoms with Gasteiger partial charge in [-0.2, -0.15) is 0 Å². The number of carbonyl (C=O) groups is 2. The van der Waals surface area contributed by atoms with Crippen molar-refractivity contribution in [2.24, 2.45) is 0 Å². The van der Waals surface area contributed by atoms with Gasteiger partial charge in [0.1, 0.15) is 5.54 Å². The standard InChI is InChI=1S/C7H12N2O2/c1-4-9-5(10)7(2,3)8-6(9)11/h4H2,1-3H3,(H,8,11). The van der Waals surface area contributed by atoms with E-state index < -0.39 is 5.54 Å². The van der Waals surface area contributed by atoms with Crippen LogP contribution >= 0.6 is 0 Å². The Labute approximate surface area is 65.6 Å². The monoisotopic (exact) mass is 156 g/mol. The fourth-order valence-electron chi connectivity index (χ4n) is 1.11. The maximum Gasteiger partial charge on any atom is 0.324 e. The van der Waals surface area contributed by atoms with Gasteiger partial charge in [-0.05, 0) is 20.8 Å². The largest absolute Gasteiger partial charge is 0.324 e. The molecule has 0 aromatic rings. The maximum absolute atomic E-state index is 11.3. The Bertz CT molecular complexity index is 210. The molecule has 1 aliphatic rings. The quantitative estimate of drug-likeness (QED) is 0.556. The zero-order valence-electron chi connectivity index (χ0n) is 6.97. The van der Waals surface area contributed by atoms with Gasteiger partial charge in [-0.15, -0.1) is 0 Å². The third-order valence-corrected chi connectivity index (χ3v) is 1.76. The summed E-state index contributed by atoms with van der Waals surface area (Å²) in [5, 5.41) is 2.58. The first-order chi connectivity index (χ1) is 4.99. The van der Waals surface area contributed by atoms with Crippen molar-refractivity contribution in [3.05, 3.63) is 0 Å². The minimum atomic E-state index is -0.715. The van der Waals surface area contributed by atoms with E-state index in [9.17, 15) is 9.59 Å². The number of nitrogens with one attached hydrogen (secondary N) is 1. The Morgan fingerprint density at radius 3 is 2.18 bits per heavy atom. The molecule has 11 heavy (non-hydrogen) atoms. The molecule has 0 aliphatic carbocycles. The van der Waals surface area contributed by atoms with Crippen LogP contribution in [0.5, 0.6) is 0 Å². The van der Waals surface area contributed by atoms with E-state index in [0.29, 0.717) is 6.54 Å². The first-order valence-corrected chi connectivity index (χ1v) is 3.63. The van der Waals surface area contributed by atoms with Crippen molar-refractivity contribution < 1.29 is 9.59 Å². The van der Waals surface area contributed by atoms with Gasteiger partial charge in [-0.1, -0.05) is 0 Å². The lowest BCUT2D eigenvalue weighted by atomic mass is 10.1. The van der Waals surface area contributed by atoms with Gasteiger partial charge < -0.3 is 5.32 Å². The summed E-state index contributed by atoms with van der Waals surface area (Å²) in [6.45, 7) is 5.61. The molecule has 0 aromatic heterocycles. The molecule has 0 atom stereocenters. The molecule has 0 spiro atoms. The molecular formula is C7H12N2O2. The smallest absolute Gasteiger partial charge is 0.324 e. The van der Waals surface area contributed by atoms with Crippen LogP contribution in [0.25, 0.3) is 0 Å². The summed E-state index contributed by atoms with van der Waals surface area (Å²) in [6.07, 6.45) is 0. The molecule has 0 bridgehead atoms. The molecule has 4 nitrogen and oxygen atoms in total. The fourth-order valence-corrected chi connectivity index (χ4v) is 1.11. The molecule has 3 amide bonds. The average molecular weight is 156 g/mol. The number of hydrogen-bond donors (Lipinski definition) is 1. The predicted molar refractivity (Wildman–Crippen MR) is 40.0 cm³/mol. The molecule has 0 aromatic carbocycles. The SMILES string of the molecule is CCN1C(=O)NC(C)(C)C1=O. The Hall–Kier alpha value is -1.06. The Morgan fingerprint density at radius 1 is 1.45 bits per heavy atom. The van der Waals surface area contributed by atoms with Crippen LogP contribution in [-0.4, -0.2) is 28.9 Å². The lowest BCUT2D eigenvalue weighted by molar-refractivity contribution is -0.130. The molecule has 1 saturated heterocycles.